The first-order valence-electron chi connectivity index (χ1n) is 8.98. The Kier molecular flexibility index (Phi) is 4.99. The quantitative estimate of drug-likeness (QED) is 0.879. The standard InChI is InChI=1S/C21H25FN2O2/c1-14-17(12-19(25)26)20(24-9-7-21(2,3)8-10-24)18(13-23-14)15-5-4-6-16(22)11-15/h4-6,11,13H,7-10,12H2,1-3H3,(H,25,26). The lowest BCUT2D eigenvalue weighted by molar-refractivity contribution is -0.136. The lowest BCUT2D eigenvalue weighted by Crippen LogP contribution is -2.38. The van der Waals surface area contributed by atoms with Gasteiger partial charge in [-0.3, -0.25) is 9.78 Å². The third-order valence-electron chi connectivity index (χ3n) is 5.26. The third-order valence-corrected chi connectivity index (χ3v) is 5.26. The van der Waals surface area contributed by atoms with Gasteiger partial charge in [-0.05, 0) is 42.9 Å². The summed E-state index contributed by atoms with van der Waals surface area (Å²) in [6, 6.07) is 6.41. The van der Waals surface area contributed by atoms with Gasteiger partial charge in [-0.1, -0.05) is 26.0 Å². The van der Waals surface area contributed by atoms with Gasteiger partial charge in [-0.2, -0.15) is 0 Å². The van der Waals surface area contributed by atoms with E-state index in [2.05, 4.69) is 23.7 Å². The maximum absolute atomic E-state index is 13.8. The number of aromatic nitrogens is 1. The molecule has 0 unspecified atom stereocenters. The summed E-state index contributed by atoms with van der Waals surface area (Å²) in [7, 11) is 0. The molecule has 1 fully saturated rings. The molecule has 1 saturated heterocycles. The van der Waals surface area contributed by atoms with E-state index in [4.69, 9.17) is 0 Å². The van der Waals surface area contributed by atoms with Gasteiger partial charge in [-0.25, -0.2) is 4.39 Å². The molecule has 1 N–H and O–H groups in total. The summed E-state index contributed by atoms with van der Waals surface area (Å²) >= 11 is 0. The fourth-order valence-electron chi connectivity index (χ4n) is 3.56. The molecule has 138 valence electrons. The molecular weight excluding hydrogens is 331 g/mol. The Balaban J connectivity index is 2.14. The van der Waals surface area contributed by atoms with Gasteiger partial charge in [-0.15, -0.1) is 0 Å². The summed E-state index contributed by atoms with van der Waals surface area (Å²) < 4.78 is 13.8. The molecule has 1 aromatic carbocycles. The zero-order valence-corrected chi connectivity index (χ0v) is 15.6. The maximum atomic E-state index is 13.8. The van der Waals surface area contributed by atoms with Gasteiger partial charge in [0, 0.05) is 36.1 Å². The molecule has 1 aliphatic rings. The van der Waals surface area contributed by atoms with Crippen LogP contribution < -0.4 is 4.90 Å². The van der Waals surface area contributed by atoms with Crippen LogP contribution in [0.25, 0.3) is 11.1 Å². The molecule has 0 radical (unpaired) electrons. The Labute approximate surface area is 153 Å². The van der Waals surface area contributed by atoms with Crippen LogP contribution in [0.3, 0.4) is 0 Å². The highest BCUT2D eigenvalue weighted by molar-refractivity contribution is 5.84. The van der Waals surface area contributed by atoms with E-state index < -0.39 is 5.97 Å². The van der Waals surface area contributed by atoms with E-state index in [1.807, 2.05) is 13.0 Å². The SMILES string of the molecule is Cc1ncc(-c2cccc(F)c2)c(N2CCC(C)(C)CC2)c1CC(=O)O. The highest BCUT2D eigenvalue weighted by atomic mass is 19.1. The van der Waals surface area contributed by atoms with Crippen molar-refractivity contribution in [3.63, 3.8) is 0 Å². The molecule has 0 atom stereocenters. The van der Waals surface area contributed by atoms with Crippen LogP contribution in [-0.2, 0) is 11.2 Å². The second-order valence-electron chi connectivity index (χ2n) is 7.82. The molecular formula is C21H25FN2O2. The van der Waals surface area contributed by atoms with E-state index in [9.17, 15) is 14.3 Å². The summed E-state index contributed by atoms with van der Waals surface area (Å²) in [6.07, 6.45) is 3.72. The third kappa shape index (κ3) is 3.87. The van der Waals surface area contributed by atoms with Gasteiger partial charge < -0.3 is 10.0 Å². The number of carboxylic acids is 1. The van der Waals surface area contributed by atoms with E-state index in [0.717, 1.165) is 48.3 Å². The average Bonchev–Trinajstić information content (AvgIpc) is 2.56. The number of carboxylic acid groups (broad SMARTS) is 1. The first-order chi connectivity index (χ1) is 12.3. The summed E-state index contributed by atoms with van der Waals surface area (Å²) in [5.74, 6) is -1.20. The number of hydrogen-bond acceptors (Lipinski definition) is 3. The Morgan fingerprint density at radius 3 is 2.62 bits per heavy atom. The van der Waals surface area contributed by atoms with Crippen molar-refractivity contribution >= 4 is 11.7 Å². The van der Waals surface area contributed by atoms with Gasteiger partial charge in [0.05, 0.1) is 12.1 Å². The molecule has 0 spiro atoms. The minimum Gasteiger partial charge on any atom is -0.481 e. The van der Waals surface area contributed by atoms with Crippen molar-refractivity contribution in [2.24, 2.45) is 5.41 Å². The topological polar surface area (TPSA) is 53.4 Å². The second kappa shape index (κ2) is 7.06. The molecule has 0 amide bonds. The predicted octanol–water partition coefficient (Wildman–Crippen LogP) is 4.45. The highest BCUT2D eigenvalue weighted by Gasteiger charge is 2.29. The molecule has 0 bridgehead atoms. The largest absolute Gasteiger partial charge is 0.481 e. The van der Waals surface area contributed by atoms with Crippen molar-refractivity contribution in [1.82, 2.24) is 4.98 Å². The first-order valence-corrected chi connectivity index (χ1v) is 8.98. The number of pyridine rings is 1. The van der Waals surface area contributed by atoms with Crippen LogP contribution >= 0.6 is 0 Å². The second-order valence-corrected chi connectivity index (χ2v) is 7.82. The number of hydrogen-bond donors (Lipinski definition) is 1. The molecule has 0 saturated carbocycles. The van der Waals surface area contributed by atoms with Crippen LogP contribution in [0.4, 0.5) is 10.1 Å². The van der Waals surface area contributed by atoms with E-state index in [1.165, 1.54) is 12.1 Å². The lowest BCUT2D eigenvalue weighted by atomic mass is 9.82. The number of carbonyl (C=O) groups is 1. The first kappa shape index (κ1) is 18.4. The summed E-state index contributed by atoms with van der Waals surface area (Å²) in [4.78, 5) is 18.1. The fraction of sp³-hybridized carbons (Fsp3) is 0.429. The van der Waals surface area contributed by atoms with Crippen LogP contribution in [0, 0.1) is 18.2 Å². The highest BCUT2D eigenvalue weighted by Crippen LogP contribution is 2.39. The lowest BCUT2D eigenvalue weighted by Gasteiger charge is -2.40. The minimum absolute atomic E-state index is 0.0861. The Morgan fingerprint density at radius 1 is 1.31 bits per heavy atom. The van der Waals surface area contributed by atoms with Crippen molar-refractivity contribution in [2.75, 3.05) is 18.0 Å². The number of piperidine rings is 1. The number of aliphatic carboxylic acids is 1. The molecule has 4 nitrogen and oxygen atoms in total. The molecule has 5 heteroatoms. The van der Waals surface area contributed by atoms with Crippen LogP contribution in [0.1, 0.15) is 37.9 Å². The monoisotopic (exact) mass is 356 g/mol. The summed E-state index contributed by atoms with van der Waals surface area (Å²) in [6.45, 7) is 8.06. The number of rotatable bonds is 4. The molecule has 2 heterocycles. The van der Waals surface area contributed by atoms with Gasteiger partial charge >= 0.3 is 5.97 Å². The molecule has 26 heavy (non-hydrogen) atoms. The van der Waals surface area contributed by atoms with Crippen molar-refractivity contribution in [2.45, 2.75) is 40.0 Å². The Morgan fingerprint density at radius 2 is 2.00 bits per heavy atom. The Bertz CT molecular complexity index is 823. The molecule has 3 rings (SSSR count). The average molecular weight is 356 g/mol. The molecule has 1 aromatic heterocycles. The van der Waals surface area contributed by atoms with Crippen molar-refractivity contribution < 1.29 is 14.3 Å². The van der Waals surface area contributed by atoms with Gasteiger partial charge in [0.2, 0.25) is 0 Å². The van der Waals surface area contributed by atoms with E-state index in [1.54, 1.807) is 12.3 Å². The number of benzene rings is 1. The van der Waals surface area contributed by atoms with Crippen LogP contribution in [0.15, 0.2) is 30.5 Å². The van der Waals surface area contributed by atoms with E-state index >= 15 is 0 Å². The molecule has 2 aromatic rings. The van der Waals surface area contributed by atoms with Crippen LogP contribution in [-0.4, -0.2) is 29.1 Å². The summed E-state index contributed by atoms with van der Waals surface area (Å²) in [5.41, 5.74) is 4.13. The Hall–Kier alpha value is -2.43. The number of aryl methyl sites for hydroxylation is 1. The van der Waals surface area contributed by atoms with Crippen molar-refractivity contribution in [3.8, 4) is 11.1 Å². The predicted molar refractivity (Wildman–Crippen MR) is 101 cm³/mol. The number of nitrogens with zero attached hydrogens (tertiary/aromatic N) is 2. The van der Waals surface area contributed by atoms with Crippen molar-refractivity contribution in [3.05, 3.63) is 47.5 Å². The zero-order chi connectivity index (χ0) is 18.9. The molecule has 0 aliphatic carbocycles. The van der Waals surface area contributed by atoms with Crippen LogP contribution in [0.2, 0.25) is 0 Å². The van der Waals surface area contributed by atoms with Gasteiger partial charge in [0.1, 0.15) is 5.82 Å². The van der Waals surface area contributed by atoms with Crippen LogP contribution in [0.5, 0.6) is 0 Å². The van der Waals surface area contributed by atoms with Gasteiger partial charge in [0.15, 0.2) is 0 Å². The normalized spacial score (nSPS) is 16.5. The number of anilines is 1. The van der Waals surface area contributed by atoms with E-state index in [-0.39, 0.29) is 17.7 Å². The van der Waals surface area contributed by atoms with E-state index in [0.29, 0.717) is 5.69 Å². The maximum Gasteiger partial charge on any atom is 0.307 e. The summed E-state index contributed by atoms with van der Waals surface area (Å²) in [5, 5.41) is 9.40. The minimum atomic E-state index is -0.884. The smallest absolute Gasteiger partial charge is 0.307 e. The zero-order valence-electron chi connectivity index (χ0n) is 15.6. The number of halogens is 1. The fourth-order valence-corrected chi connectivity index (χ4v) is 3.56. The van der Waals surface area contributed by atoms with Crippen molar-refractivity contribution in [1.29, 1.82) is 0 Å². The van der Waals surface area contributed by atoms with Gasteiger partial charge in [0.25, 0.3) is 0 Å². The molecule has 1 aliphatic heterocycles.